The highest BCUT2D eigenvalue weighted by Gasteiger charge is 2.21. The lowest BCUT2D eigenvalue weighted by molar-refractivity contribution is -0.000695. The van der Waals surface area contributed by atoms with E-state index in [-0.39, 0.29) is 12.6 Å². The Morgan fingerprint density at radius 1 is 1.35 bits per heavy atom. The van der Waals surface area contributed by atoms with E-state index >= 15 is 0 Å². The van der Waals surface area contributed by atoms with Gasteiger partial charge in [-0.05, 0) is 38.4 Å². The van der Waals surface area contributed by atoms with Gasteiger partial charge in [-0.1, -0.05) is 6.07 Å². The Morgan fingerprint density at radius 2 is 2.05 bits per heavy atom. The van der Waals surface area contributed by atoms with Crippen molar-refractivity contribution in [2.24, 2.45) is 0 Å². The predicted octanol–water partition coefficient (Wildman–Crippen LogP) is 2.65. The van der Waals surface area contributed by atoms with Crippen LogP contribution in [-0.4, -0.2) is 43.5 Å². The number of carbonyl (C=O) groups is 1. The van der Waals surface area contributed by atoms with Crippen LogP contribution in [0.4, 0.5) is 8.78 Å². The molecule has 1 aliphatic rings. The smallest absolute Gasteiger partial charge is 0.182 e. The number of rotatable bonds is 5. The molecule has 110 valence electrons. The number of Topliss-reactive ketones (excluding diaryl/α,β-unsaturated/α-hetero) is 1. The number of hydrogen-bond donors (Lipinski definition) is 0. The average Bonchev–Trinajstić information content (AvgIpc) is 2.39. The molecule has 1 heterocycles. The molecule has 20 heavy (non-hydrogen) atoms. The van der Waals surface area contributed by atoms with Crippen molar-refractivity contribution in [2.45, 2.75) is 25.4 Å². The number of halogens is 2. The minimum absolute atomic E-state index is 0.0162. The summed E-state index contributed by atoms with van der Waals surface area (Å²) in [7, 11) is 1.76. The molecule has 1 saturated heterocycles. The van der Waals surface area contributed by atoms with E-state index < -0.39 is 23.0 Å². The van der Waals surface area contributed by atoms with Crippen molar-refractivity contribution >= 4 is 5.78 Å². The van der Waals surface area contributed by atoms with Crippen LogP contribution in [0.15, 0.2) is 18.2 Å². The van der Waals surface area contributed by atoms with Crippen molar-refractivity contribution in [1.29, 1.82) is 0 Å². The van der Waals surface area contributed by atoms with Gasteiger partial charge in [-0.25, -0.2) is 8.78 Å². The number of carbonyl (C=O) groups excluding carboxylic acids is 1. The van der Waals surface area contributed by atoms with Crippen LogP contribution in [-0.2, 0) is 4.74 Å². The van der Waals surface area contributed by atoms with Crippen molar-refractivity contribution in [3.05, 3.63) is 35.4 Å². The zero-order chi connectivity index (χ0) is 14.5. The van der Waals surface area contributed by atoms with Gasteiger partial charge in [0.2, 0.25) is 0 Å². The molecule has 0 aliphatic carbocycles. The fraction of sp³-hybridized carbons (Fsp3) is 0.533. The molecule has 1 aromatic rings. The summed E-state index contributed by atoms with van der Waals surface area (Å²) < 4.78 is 32.6. The van der Waals surface area contributed by atoms with Gasteiger partial charge in [0.1, 0.15) is 11.6 Å². The summed E-state index contributed by atoms with van der Waals surface area (Å²) in [5, 5.41) is 0. The van der Waals surface area contributed by atoms with Crippen molar-refractivity contribution < 1.29 is 18.3 Å². The normalized spacial score (nSPS) is 19.3. The Labute approximate surface area is 117 Å². The van der Waals surface area contributed by atoms with Crippen LogP contribution in [0.25, 0.3) is 0 Å². The lowest BCUT2D eigenvalue weighted by Gasteiger charge is -2.27. The molecule has 0 N–H and O–H groups in total. The van der Waals surface area contributed by atoms with E-state index in [1.807, 2.05) is 0 Å². The van der Waals surface area contributed by atoms with Gasteiger partial charge in [-0.15, -0.1) is 0 Å². The molecule has 1 unspecified atom stereocenters. The number of hydrogen-bond acceptors (Lipinski definition) is 3. The summed E-state index contributed by atoms with van der Waals surface area (Å²) in [5.41, 5.74) is -0.455. The van der Waals surface area contributed by atoms with Gasteiger partial charge in [-0.3, -0.25) is 9.69 Å². The van der Waals surface area contributed by atoms with E-state index in [4.69, 9.17) is 4.74 Å². The Balaban J connectivity index is 1.93. The van der Waals surface area contributed by atoms with Crippen LogP contribution in [0.2, 0.25) is 0 Å². The number of likely N-dealkylation sites (N-methyl/N-ethyl adjacent to an activating group) is 1. The minimum Gasteiger partial charge on any atom is -0.377 e. The molecule has 1 atom stereocenters. The largest absolute Gasteiger partial charge is 0.377 e. The van der Waals surface area contributed by atoms with Crippen molar-refractivity contribution in [1.82, 2.24) is 4.90 Å². The van der Waals surface area contributed by atoms with E-state index in [0.717, 1.165) is 38.0 Å². The first kappa shape index (κ1) is 15.1. The van der Waals surface area contributed by atoms with Crippen LogP contribution in [0.1, 0.15) is 29.6 Å². The monoisotopic (exact) mass is 283 g/mol. The predicted molar refractivity (Wildman–Crippen MR) is 71.8 cm³/mol. The summed E-state index contributed by atoms with van der Waals surface area (Å²) in [6.45, 7) is 1.33. The van der Waals surface area contributed by atoms with Crippen molar-refractivity contribution in [3.8, 4) is 0 Å². The topological polar surface area (TPSA) is 29.5 Å². The average molecular weight is 283 g/mol. The molecule has 5 heteroatoms. The molecule has 0 spiro atoms. The number of ketones is 1. The Bertz CT molecular complexity index is 453. The van der Waals surface area contributed by atoms with E-state index in [1.165, 1.54) is 6.07 Å². The van der Waals surface area contributed by atoms with Gasteiger partial charge in [-0.2, -0.15) is 0 Å². The highest BCUT2D eigenvalue weighted by Crippen LogP contribution is 2.15. The van der Waals surface area contributed by atoms with Crippen LogP contribution < -0.4 is 0 Å². The Morgan fingerprint density at radius 3 is 2.65 bits per heavy atom. The second kappa shape index (κ2) is 6.90. The van der Waals surface area contributed by atoms with Crippen LogP contribution >= 0.6 is 0 Å². The van der Waals surface area contributed by atoms with Gasteiger partial charge < -0.3 is 4.74 Å². The third-order valence-corrected chi connectivity index (χ3v) is 3.44. The maximum absolute atomic E-state index is 13.5. The molecule has 0 amide bonds. The lowest BCUT2D eigenvalue weighted by atomic mass is 10.1. The lowest BCUT2D eigenvalue weighted by Crippen LogP contribution is -2.36. The molecule has 0 aromatic heterocycles. The Hall–Kier alpha value is -1.33. The molecule has 0 radical (unpaired) electrons. The van der Waals surface area contributed by atoms with Crippen LogP contribution in [0, 0.1) is 11.6 Å². The first-order valence-electron chi connectivity index (χ1n) is 6.85. The third-order valence-electron chi connectivity index (χ3n) is 3.44. The molecule has 2 rings (SSSR count). The first-order chi connectivity index (χ1) is 9.58. The highest BCUT2D eigenvalue weighted by atomic mass is 19.1. The van der Waals surface area contributed by atoms with E-state index in [0.29, 0.717) is 6.54 Å². The standard InChI is InChI=1S/C15H19F2NO2/c1-18(9-11-5-2-3-8-20-11)10-14(19)15-12(16)6-4-7-13(15)17/h4,6-7,11H,2-3,5,8-10H2,1H3. The van der Waals surface area contributed by atoms with E-state index in [1.54, 1.807) is 11.9 Å². The minimum atomic E-state index is -0.808. The second-order valence-corrected chi connectivity index (χ2v) is 5.21. The van der Waals surface area contributed by atoms with Gasteiger partial charge in [0.25, 0.3) is 0 Å². The van der Waals surface area contributed by atoms with E-state index in [2.05, 4.69) is 0 Å². The molecular weight excluding hydrogens is 264 g/mol. The summed E-state index contributed by atoms with van der Waals surface area (Å²) in [5.74, 6) is -2.16. The zero-order valence-electron chi connectivity index (χ0n) is 11.6. The molecule has 1 aliphatic heterocycles. The van der Waals surface area contributed by atoms with Gasteiger partial charge in [0, 0.05) is 13.2 Å². The highest BCUT2D eigenvalue weighted by molar-refractivity contribution is 5.98. The number of benzene rings is 1. The number of nitrogens with zero attached hydrogens (tertiary/aromatic N) is 1. The van der Waals surface area contributed by atoms with Crippen molar-refractivity contribution in [3.63, 3.8) is 0 Å². The van der Waals surface area contributed by atoms with E-state index in [9.17, 15) is 13.6 Å². The quantitative estimate of drug-likeness (QED) is 0.778. The van der Waals surface area contributed by atoms with Crippen LogP contribution in [0.5, 0.6) is 0 Å². The summed E-state index contributed by atoms with van der Waals surface area (Å²) in [4.78, 5) is 13.7. The third kappa shape index (κ3) is 3.84. The maximum Gasteiger partial charge on any atom is 0.182 e. The fourth-order valence-electron chi connectivity index (χ4n) is 2.45. The maximum atomic E-state index is 13.5. The van der Waals surface area contributed by atoms with Gasteiger partial charge >= 0.3 is 0 Å². The summed E-state index contributed by atoms with van der Waals surface area (Å²) in [6, 6.07) is 3.45. The molecule has 0 bridgehead atoms. The van der Waals surface area contributed by atoms with Crippen LogP contribution in [0.3, 0.4) is 0 Å². The Kier molecular flexibility index (Phi) is 5.20. The van der Waals surface area contributed by atoms with Crippen molar-refractivity contribution in [2.75, 3.05) is 26.7 Å². The fourth-order valence-corrected chi connectivity index (χ4v) is 2.45. The number of ether oxygens (including phenoxy) is 1. The second-order valence-electron chi connectivity index (χ2n) is 5.21. The first-order valence-corrected chi connectivity index (χ1v) is 6.85. The van der Waals surface area contributed by atoms with Gasteiger partial charge in [0.15, 0.2) is 5.78 Å². The summed E-state index contributed by atoms with van der Waals surface area (Å²) >= 11 is 0. The molecular formula is C15H19F2NO2. The summed E-state index contributed by atoms with van der Waals surface area (Å²) in [6.07, 6.45) is 3.26. The SMILES string of the molecule is CN(CC(=O)c1c(F)cccc1F)CC1CCCCO1. The molecule has 3 nitrogen and oxygen atoms in total. The molecule has 1 fully saturated rings. The molecule has 1 aromatic carbocycles. The van der Waals surface area contributed by atoms with Gasteiger partial charge in [0.05, 0.1) is 18.2 Å². The molecule has 0 saturated carbocycles. The zero-order valence-corrected chi connectivity index (χ0v) is 11.6.